The van der Waals surface area contributed by atoms with E-state index in [0.717, 1.165) is 6.42 Å². The van der Waals surface area contributed by atoms with Gasteiger partial charge in [-0.15, -0.1) is 0 Å². The molecule has 0 spiro atoms. The Morgan fingerprint density at radius 3 is 2.48 bits per heavy atom. The van der Waals surface area contributed by atoms with Crippen LogP contribution < -0.4 is 0 Å². The van der Waals surface area contributed by atoms with Crippen LogP contribution in [0.15, 0.2) is 59.7 Å². The van der Waals surface area contributed by atoms with Crippen LogP contribution in [0.5, 0.6) is 0 Å². The monoisotopic (exact) mass is 310 g/mol. The minimum atomic E-state index is -0.0844. The third-order valence-corrected chi connectivity index (χ3v) is 4.36. The van der Waals surface area contributed by atoms with Crippen LogP contribution in [0.2, 0.25) is 0 Å². The molecule has 0 radical (unpaired) electrons. The van der Waals surface area contributed by atoms with Crippen molar-refractivity contribution in [3.63, 3.8) is 0 Å². The molecule has 2 rings (SSSR count). The Morgan fingerprint density at radius 2 is 1.91 bits per heavy atom. The summed E-state index contributed by atoms with van der Waals surface area (Å²) in [5, 5.41) is 0. The standard InChI is InChI=1S/C21H26O2/c1-5-18(14-20-16(3)21(22)23-17(20)4)13-15(2)11-12-19-9-7-6-8-10-19/h6-14,16-17,20H,5H2,1-4H3/t16-,17+,20-/m1/s1. The van der Waals surface area contributed by atoms with Crippen molar-refractivity contribution in [3.8, 4) is 0 Å². The van der Waals surface area contributed by atoms with Gasteiger partial charge in [0.1, 0.15) is 6.10 Å². The van der Waals surface area contributed by atoms with Crippen molar-refractivity contribution in [2.45, 2.75) is 40.2 Å². The van der Waals surface area contributed by atoms with E-state index in [1.165, 1.54) is 16.7 Å². The number of carbonyl (C=O) groups excluding carboxylic acids is 1. The molecule has 23 heavy (non-hydrogen) atoms. The van der Waals surface area contributed by atoms with Crippen molar-refractivity contribution < 1.29 is 9.53 Å². The van der Waals surface area contributed by atoms with Gasteiger partial charge in [-0.25, -0.2) is 0 Å². The fourth-order valence-corrected chi connectivity index (χ4v) is 2.86. The molecule has 2 heteroatoms. The predicted octanol–water partition coefficient (Wildman–Crippen LogP) is 5.18. The summed E-state index contributed by atoms with van der Waals surface area (Å²) in [6, 6.07) is 10.3. The Hall–Kier alpha value is -2.09. The molecule has 1 fully saturated rings. The number of cyclic esters (lactones) is 1. The number of hydrogen-bond acceptors (Lipinski definition) is 2. The largest absolute Gasteiger partial charge is 0.462 e. The van der Waals surface area contributed by atoms with Gasteiger partial charge in [-0.2, -0.15) is 0 Å². The van der Waals surface area contributed by atoms with Crippen LogP contribution in [0.3, 0.4) is 0 Å². The maximum atomic E-state index is 11.7. The van der Waals surface area contributed by atoms with Gasteiger partial charge in [-0.1, -0.05) is 79.6 Å². The Bertz CT molecular complexity index is 623. The van der Waals surface area contributed by atoms with E-state index in [9.17, 15) is 4.79 Å². The highest BCUT2D eigenvalue weighted by Crippen LogP contribution is 2.30. The minimum absolute atomic E-state index is 0.0346. The summed E-state index contributed by atoms with van der Waals surface area (Å²) in [7, 11) is 0. The third-order valence-electron chi connectivity index (χ3n) is 4.36. The van der Waals surface area contributed by atoms with E-state index in [1.54, 1.807) is 0 Å². The Morgan fingerprint density at radius 1 is 1.22 bits per heavy atom. The molecule has 3 atom stereocenters. The van der Waals surface area contributed by atoms with E-state index in [0.29, 0.717) is 0 Å². The molecule has 2 nitrogen and oxygen atoms in total. The molecule has 0 unspecified atom stereocenters. The zero-order chi connectivity index (χ0) is 16.8. The van der Waals surface area contributed by atoms with Gasteiger partial charge in [0.15, 0.2) is 0 Å². The van der Waals surface area contributed by atoms with E-state index in [1.807, 2.05) is 32.0 Å². The second-order valence-electron chi connectivity index (χ2n) is 6.24. The number of rotatable bonds is 5. The molecule has 1 aliphatic rings. The van der Waals surface area contributed by atoms with Crippen molar-refractivity contribution in [2.24, 2.45) is 11.8 Å². The lowest BCUT2D eigenvalue weighted by Gasteiger charge is -2.12. The lowest BCUT2D eigenvalue weighted by molar-refractivity contribution is -0.143. The summed E-state index contributed by atoms with van der Waals surface area (Å²) in [6.07, 6.45) is 9.56. The van der Waals surface area contributed by atoms with Crippen LogP contribution in [-0.2, 0) is 9.53 Å². The van der Waals surface area contributed by atoms with Crippen LogP contribution in [0.25, 0.3) is 6.08 Å². The first-order chi connectivity index (χ1) is 11.0. The van der Waals surface area contributed by atoms with Gasteiger partial charge in [0, 0.05) is 5.92 Å². The lowest BCUT2D eigenvalue weighted by Crippen LogP contribution is -2.14. The topological polar surface area (TPSA) is 26.3 Å². The van der Waals surface area contributed by atoms with E-state index in [4.69, 9.17) is 4.74 Å². The maximum Gasteiger partial charge on any atom is 0.309 e. The van der Waals surface area contributed by atoms with E-state index in [2.05, 4.69) is 50.3 Å². The minimum Gasteiger partial charge on any atom is -0.462 e. The van der Waals surface area contributed by atoms with Crippen molar-refractivity contribution >= 4 is 12.0 Å². The average molecular weight is 310 g/mol. The second kappa shape index (κ2) is 7.96. The predicted molar refractivity (Wildman–Crippen MR) is 95.8 cm³/mol. The number of carbonyl (C=O) groups is 1. The number of allylic oxidation sites excluding steroid dienone is 4. The summed E-state index contributed by atoms with van der Waals surface area (Å²) in [5.41, 5.74) is 3.65. The second-order valence-corrected chi connectivity index (χ2v) is 6.24. The third kappa shape index (κ3) is 4.69. The molecule has 0 aromatic heterocycles. The molecule has 122 valence electrons. The van der Waals surface area contributed by atoms with Crippen molar-refractivity contribution in [3.05, 3.63) is 65.3 Å². The molecular weight excluding hydrogens is 284 g/mol. The van der Waals surface area contributed by atoms with E-state index >= 15 is 0 Å². The van der Waals surface area contributed by atoms with E-state index < -0.39 is 0 Å². The van der Waals surface area contributed by atoms with Crippen molar-refractivity contribution in [2.75, 3.05) is 0 Å². The first kappa shape index (κ1) is 17.3. The van der Waals surface area contributed by atoms with E-state index in [-0.39, 0.29) is 23.9 Å². The molecule has 0 N–H and O–H groups in total. The summed E-state index contributed by atoms with van der Waals surface area (Å²) in [6.45, 7) is 8.17. The molecule has 0 amide bonds. The van der Waals surface area contributed by atoms with Gasteiger partial charge in [-0.05, 0) is 25.8 Å². The molecule has 1 aromatic rings. The zero-order valence-corrected chi connectivity index (χ0v) is 14.5. The number of esters is 1. The zero-order valence-electron chi connectivity index (χ0n) is 14.5. The molecule has 1 aromatic carbocycles. The molecule has 1 heterocycles. The van der Waals surface area contributed by atoms with Crippen LogP contribution in [0.1, 0.15) is 39.7 Å². The van der Waals surface area contributed by atoms with Crippen molar-refractivity contribution in [1.82, 2.24) is 0 Å². The fraction of sp³-hybridized carbons (Fsp3) is 0.381. The highest BCUT2D eigenvalue weighted by molar-refractivity contribution is 5.75. The first-order valence-electron chi connectivity index (χ1n) is 8.34. The first-order valence-corrected chi connectivity index (χ1v) is 8.34. The van der Waals surface area contributed by atoms with Crippen LogP contribution in [0.4, 0.5) is 0 Å². The molecule has 0 aliphatic carbocycles. The summed E-state index contributed by atoms with van der Waals surface area (Å²) >= 11 is 0. The molecular formula is C21H26O2. The summed E-state index contributed by atoms with van der Waals surface area (Å²) in [5.74, 6) is 0.0265. The Balaban J connectivity index is 2.12. The Kier molecular flexibility index (Phi) is 5.97. The average Bonchev–Trinajstić information content (AvgIpc) is 2.79. The van der Waals surface area contributed by atoms with Gasteiger partial charge < -0.3 is 4.74 Å². The van der Waals surface area contributed by atoms with Crippen LogP contribution in [0, 0.1) is 11.8 Å². The summed E-state index contributed by atoms with van der Waals surface area (Å²) in [4.78, 5) is 11.7. The van der Waals surface area contributed by atoms with Crippen LogP contribution in [-0.4, -0.2) is 12.1 Å². The van der Waals surface area contributed by atoms with Crippen molar-refractivity contribution in [1.29, 1.82) is 0 Å². The maximum absolute atomic E-state index is 11.7. The van der Waals surface area contributed by atoms with Gasteiger partial charge in [-0.3, -0.25) is 4.79 Å². The highest BCUT2D eigenvalue weighted by Gasteiger charge is 2.37. The SMILES string of the molecule is CCC(C=C(C)C=Cc1ccccc1)=C[C@H]1[C@H](C)OC(=O)[C@@H]1C. The van der Waals surface area contributed by atoms with Gasteiger partial charge in [0.2, 0.25) is 0 Å². The number of hydrogen-bond donors (Lipinski definition) is 0. The molecule has 0 bridgehead atoms. The number of benzene rings is 1. The molecule has 0 saturated carbocycles. The van der Waals surface area contributed by atoms with Gasteiger partial charge in [0.25, 0.3) is 0 Å². The van der Waals surface area contributed by atoms with Gasteiger partial charge >= 0.3 is 5.97 Å². The summed E-state index contributed by atoms with van der Waals surface area (Å²) < 4.78 is 5.32. The normalized spacial score (nSPS) is 25.9. The molecule has 1 saturated heterocycles. The lowest BCUT2D eigenvalue weighted by atomic mass is 9.89. The van der Waals surface area contributed by atoms with Crippen LogP contribution >= 0.6 is 0 Å². The van der Waals surface area contributed by atoms with Gasteiger partial charge in [0.05, 0.1) is 5.92 Å². The quantitative estimate of drug-likeness (QED) is 0.553. The fourth-order valence-electron chi connectivity index (χ4n) is 2.86. The smallest absolute Gasteiger partial charge is 0.309 e. The highest BCUT2D eigenvalue weighted by atomic mass is 16.6. The number of ether oxygens (including phenoxy) is 1. The molecule has 1 aliphatic heterocycles. The Labute approximate surface area is 139 Å².